The smallest absolute Gasteiger partial charge is 0.146 e. The second-order valence-electron chi connectivity index (χ2n) is 4.71. The van der Waals surface area contributed by atoms with Crippen molar-refractivity contribution in [1.82, 2.24) is 9.78 Å². The van der Waals surface area contributed by atoms with Gasteiger partial charge in [-0.25, -0.2) is 4.39 Å². The molecular formula is C14H18FN3O. The maximum Gasteiger partial charge on any atom is 0.146 e. The van der Waals surface area contributed by atoms with Crippen molar-refractivity contribution in [2.45, 2.75) is 25.9 Å². The Labute approximate surface area is 111 Å². The molecular weight excluding hydrogens is 245 g/mol. The van der Waals surface area contributed by atoms with Crippen LogP contribution in [-0.4, -0.2) is 21.5 Å². The summed E-state index contributed by atoms with van der Waals surface area (Å²) in [7, 11) is 0. The highest BCUT2D eigenvalue weighted by Crippen LogP contribution is 2.21. The van der Waals surface area contributed by atoms with Gasteiger partial charge in [-0.3, -0.25) is 4.68 Å². The first-order valence-electron chi connectivity index (χ1n) is 6.27. The van der Waals surface area contributed by atoms with Gasteiger partial charge in [0.2, 0.25) is 0 Å². The van der Waals surface area contributed by atoms with Crippen LogP contribution >= 0.6 is 0 Å². The van der Waals surface area contributed by atoms with Gasteiger partial charge < -0.3 is 10.4 Å². The Bertz CT molecular complexity index is 539. The number of rotatable bonds is 5. The van der Waals surface area contributed by atoms with E-state index in [1.54, 1.807) is 29.1 Å². The Morgan fingerprint density at radius 2 is 2.11 bits per heavy atom. The van der Waals surface area contributed by atoms with Crippen LogP contribution in [0.3, 0.4) is 0 Å². The van der Waals surface area contributed by atoms with Crippen molar-refractivity contribution >= 4 is 5.69 Å². The summed E-state index contributed by atoms with van der Waals surface area (Å²) in [5.41, 5.74) is 1.21. The SMILES string of the molecule is CC(C)n1cc(C(CO)Nc2ccccc2F)cn1. The average Bonchev–Trinajstić information content (AvgIpc) is 2.87. The maximum atomic E-state index is 13.6. The number of aromatic nitrogens is 2. The van der Waals surface area contributed by atoms with Crippen LogP contribution in [0.2, 0.25) is 0 Å². The van der Waals surface area contributed by atoms with E-state index in [1.807, 2.05) is 20.0 Å². The van der Waals surface area contributed by atoms with Crippen LogP contribution in [0, 0.1) is 5.82 Å². The number of benzene rings is 1. The molecule has 5 heteroatoms. The fourth-order valence-corrected chi connectivity index (χ4v) is 1.82. The van der Waals surface area contributed by atoms with Crippen LogP contribution in [0.4, 0.5) is 10.1 Å². The summed E-state index contributed by atoms with van der Waals surface area (Å²) in [5.74, 6) is -0.336. The Hall–Kier alpha value is -1.88. The molecule has 1 unspecified atom stereocenters. The molecule has 1 atom stereocenters. The van der Waals surface area contributed by atoms with Crippen LogP contribution in [-0.2, 0) is 0 Å². The van der Waals surface area contributed by atoms with E-state index in [0.29, 0.717) is 5.69 Å². The van der Waals surface area contributed by atoms with Crippen molar-refractivity contribution in [2.75, 3.05) is 11.9 Å². The Balaban J connectivity index is 2.18. The fourth-order valence-electron chi connectivity index (χ4n) is 1.82. The van der Waals surface area contributed by atoms with Crippen LogP contribution in [0.25, 0.3) is 0 Å². The largest absolute Gasteiger partial charge is 0.394 e. The molecule has 0 aliphatic carbocycles. The third-order valence-corrected chi connectivity index (χ3v) is 2.94. The number of aliphatic hydroxyl groups is 1. The van der Waals surface area contributed by atoms with Gasteiger partial charge in [-0.05, 0) is 26.0 Å². The number of hydrogen-bond donors (Lipinski definition) is 2. The summed E-state index contributed by atoms with van der Waals surface area (Å²) in [4.78, 5) is 0. The molecule has 0 aliphatic rings. The summed E-state index contributed by atoms with van der Waals surface area (Å²) in [6.07, 6.45) is 3.55. The molecule has 0 spiro atoms. The molecule has 0 bridgehead atoms. The van der Waals surface area contributed by atoms with Gasteiger partial charge in [0, 0.05) is 17.8 Å². The molecule has 1 aromatic carbocycles. The standard InChI is InChI=1S/C14H18FN3O/c1-10(2)18-8-11(7-16-18)14(9-19)17-13-6-4-3-5-12(13)15/h3-8,10,14,17,19H,9H2,1-2H3. The zero-order valence-corrected chi connectivity index (χ0v) is 11.0. The quantitative estimate of drug-likeness (QED) is 0.872. The molecule has 2 aromatic rings. The summed E-state index contributed by atoms with van der Waals surface area (Å²) < 4.78 is 15.4. The zero-order chi connectivity index (χ0) is 13.8. The fraction of sp³-hybridized carbons (Fsp3) is 0.357. The molecule has 4 nitrogen and oxygen atoms in total. The molecule has 0 saturated carbocycles. The summed E-state index contributed by atoms with van der Waals surface area (Å²) >= 11 is 0. The van der Waals surface area contributed by atoms with Gasteiger partial charge in [0.1, 0.15) is 5.82 Å². The van der Waals surface area contributed by atoms with Crippen molar-refractivity contribution in [3.05, 3.63) is 48.0 Å². The summed E-state index contributed by atoms with van der Waals surface area (Å²) in [5, 5.41) is 16.7. The Kier molecular flexibility index (Phi) is 4.16. The highest BCUT2D eigenvalue weighted by molar-refractivity contribution is 5.46. The number of hydrogen-bond acceptors (Lipinski definition) is 3. The second-order valence-corrected chi connectivity index (χ2v) is 4.71. The van der Waals surface area contributed by atoms with E-state index in [2.05, 4.69) is 10.4 Å². The number of aliphatic hydroxyl groups excluding tert-OH is 1. The number of halogens is 1. The van der Waals surface area contributed by atoms with E-state index in [0.717, 1.165) is 5.56 Å². The molecule has 2 N–H and O–H groups in total. The number of nitrogens with zero attached hydrogens (tertiary/aromatic N) is 2. The number of anilines is 1. The van der Waals surface area contributed by atoms with Gasteiger partial charge in [-0.15, -0.1) is 0 Å². The summed E-state index contributed by atoms with van der Waals surface area (Å²) in [6, 6.07) is 6.29. The zero-order valence-electron chi connectivity index (χ0n) is 11.0. The lowest BCUT2D eigenvalue weighted by molar-refractivity contribution is 0.276. The van der Waals surface area contributed by atoms with Crippen molar-refractivity contribution in [3.63, 3.8) is 0 Å². The third kappa shape index (κ3) is 3.12. The molecule has 1 heterocycles. The van der Waals surface area contributed by atoms with Crippen LogP contribution in [0.5, 0.6) is 0 Å². The molecule has 102 valence electrons. The predicted octanol–water partition coefficient (Wildman–Crippen LogP) is 2.75. The van der Waals surface area contributed by atoms with E-state index in [-0.39, 0.29) is 24.5 Å². The molecule has 0 saturated heterocycles. The minimum atomic E-state index is -0.371. The maximum absolute atomic E-state index is 13.6. The van der Waals surface area contributed by atoms with Crippen molar-refractivity contribution in [3.8, 4) is 0 Å². The third-order valence-electron chi connectivity index (χ3n) is 2.94. The lowest BCUT2D eigenvalue weighted by Gasteiger charge is -2.16. The van der Waals surface area contributed by atoms with Gasteiger partial charge in [-0.2, -0.15) is 5.10 Å². The first-order valence-corrected chi connectivity index (χ1v) is 6.27. The van der Waals surface area contributed by atoms with Crippen LogP contribution < -0.4 is 5.32 Å². The molecule has 19 heavy (non-hydrogen) atoms. The highest BCUT2D eigenvalue weighted by Gasteiger charge is 2.14. The average molecular weight is 263 g/mol. The van der Waals surface area contributed by atoms with Crippen LogP contribution in [0.1, 0.15) is 31.5 Å². The molecule has 0 radical (unpaired) electrons. The van der Waals surface area contributed by atoms with Crippen molar-refractivity contribution < 1.29 is 9.50 Å². The monoisotopic (exact) mass is 263 g/mol. The van der Waals surface area contributed by atoms with E-state index in [9.17, 15) is 9.50 Å². The topological polar surface area (TPSA) is 50.1 Å². The molecule has 0 amide bonds. The number of nitrogens with one attached hydrogen (secondary N) is 1. The molecule has 0 fully saturated rings. The Morgan fingerprint density at radius 3 is 2.68 bits per heavy atom. The normalized spacial score (nSPS) is 12.7. The number of para-hydroxylation sites is 1. The van der Waals surface area contributed by atoms with Gasteiger partial charge in [0.25, 0.3) is 0 Å². The van der Waals surface area contributed by atoms with Gasteiger partial charge in [-0.1, -0.05) is 12.1 Å². The lowest BCUT2D eigenvalue weighted by Crippen LogP contribution is -2.15. The molecule has 2 rings (SSSR count). The first kappa shape index (κ1) is 13.5. The van der Waals surface area contributed by atoms with E-state index in [4.69, 9.17) is 0 Å². The van der Waals surface area contributed by atoms with Gasteiger partial charge in [0.15, 0.2) is 0 Å². The molecule has 1 aromatic heterocycles. The van der Waals surface area contributed by atoms with E-state index < -0.39 is 0 Å². The first-order chi connectivity index (χ1) is 9.11. The van der Waals surface area contributed by atoms with Gasteiger partial charge >= 0.3 is 0 Å². The Morgan fingerprint density at radius 1 is 1.37 bits per heavy atom. The second kappa shape index (κ2) is 5.84. The van der Waals surface area contributed by atoms with Crippen molar-refractivity contribution in [1.29, 1.82) is 0 Å². The van der Waals surface area contributed by atoms with E-state index in [1.165, 1.54) is 6.07 Å². The van der Waals surface area contributed by atoms with E-state index >= 15 is 0 Å². The highest BCUT2D eigenvalue weighted by atomic mass is 19.1. The van der Waals surface area contributed by atoms with Crippen LogP contribution in [0.15, 0.2) is 36.7 Å². The van der Waals surface area contributed by atoms with Gasteiger partial charge in [0.05, 0.1) is 24.5 Å². The van der Waals surface area contributed by atoms with Crippen molar-refractivity contribution in [2.24, 2.45) is 0 Å². The molecule has 0 aliphatic heterocycles. The predicted molar refractivity (Wildman–Crippen MR) is 72.5 cm³/mol. The lowest BCUT2D eigenvalue weighted by atomic mass is 10.1. The minimum Gasteiger partial charge on any atom is -0.394 e. The minimum absolute atomic E-state index is 0.127. The summed E-state index contributed by atoms with van der Waals surface area (Å²) in [6.45, 7) is 3.92.